The molecule has 9 nitrogen and oxygen atoms in total. The van der Waals surface area contributed by atoms with E-state index in [1.807, 2.05) is 84.9 Å². The lowest BCUT2D eigenvalue weighted by molar-refractivity contribution is -0.138. The average molecular weight is 512 g/mol. The molecule has 2 atom stereocenters. The number of amides is 3. The van der Waals surface area contributed by atoms with Crippen LogP contribution < -0.4 is 16.0 Å². The first-order valence-corrected chi connectivity index (χ1v) is 12.1. The van der Waals surface area contributed by atoms with Gasteiger partial charge in [0.1, 0.15) is 0 Å². The van der Waals surface area contributed by atoms with Crippen molar-refractivity contribution in [1.82, 2.24) is 16.0 Å². The zero-order chi connectivity index (χ0) is 26.6. The molecule has 1 heterocycles. The largest absolute Gasteiger partial charge is 0.479 e. The lowest BCUT2D eigenvalue weighted by Crippen LogP contribution is -2.56. The summed E-state index contributed by atoms with van der Waals surface area (Å²) in [5.74, 6) is -3.59. The molecule has 0 aromatic heterocycles. The van der Waals surface area contributed by atoms with E-state index < -0.39 is 41.9 Å². The van der Waals surface area contributed by atoms with Crippen LogP contribution >= 0.6 is 0 Å². The number of rotatable bonds is 9. The first-order valence-electron chi connectivity index (χ1n) is 12.1. The summed E-state index contributed by atoms with van der Waals surface area (Å²) in [5.41, 5.74) is 1.68. The Balaban J connectivity index is 1.31. The van der Waals surface area contributed by atoms with Gasteiger partial charge in [-0.15, -0.1) is 0 Å². The zero-order valence-electron chi connectivity index (χ0n) is 20.2. The van der Waals surface area contributed by atoms with E-state index in [4.69, 9.17) is 9.84 Å². The van der Waals surface area contributed by atoms with Crippen molar-refractivity contribution in [1.29, 1.82) is 0 Å². The van der Waals surface area contributed by atoms with Crippen molar-refractivity contribution in [2.45, 2.75) is 31.3 Å². The highest BCUT2D eigenvalue weighted by atomic mass is 16.6. The normalized spacial score (nSPS) is 16.2. The van der Waals surface area contributed by atoms with Crippen LogP contribution in [-0.4, -0.2) is 47.0 Å². The van der Waals surface area contributed by atoms with Crippen molar-refractivity contribution in [3.8, 4) is 0 Å². The van der Waals surface area contributed by atoms with Crippen molar-refractivity contribution in [3.05, 3.63) is 96.1 Å². The van der Waals surface area contributed by atoms with Gasteiger partial charge in [0.2, 0.25) is 0 Å². The summed E-state index contributed by atoms with van der Waals surface area (Å²) in [6.07, 6.45) is -2.56. The second kappa shape index (κ2) is 10.7. The van der Waals surface area contributed by atoms with Crippen molar-refractivity contribution in [2.24, 2.45) is 0 Å². The van der Waals surface area contributed by atoms with Gasteiger partial charge >= 0.3 is 5.97 Å². The molecule has 1 fully saturated rings. The SMILES string of the molecule is O=C(NCc1cccc2ccccc12)C(NC(=O)[C@H]1O[C@@H]1C(=O)O)C(=O)NCc1cccc2ccccc12. The van der Waals surface area contributed by atoms with E-state index in [0.29, 0.717) is 0 Å². The van der Waals surface area contributed by atoms with Crippen LogP contribution in [0.3, 0.4) is 0 Å². The number of carboxylic acid groups (broad SMARTS) is 1. The molecular weight excluding hydrogens is 486 g/mol. The number of carbonyl (C=O) groups is 4. The van der Waals surface area contributed by atoms with E-state index in [2.05, 4.69) is 16.0 Å². The summed E-state index contributed by atoms with van der Waals surface area (Å²) in [6, 6.07) is 25.2. The molecule has 38 heavy (non-hydrogen) atoms. The van der Waals surface area contributed by atoms with Gasteiger partial charge in [0.15, 0.2) is 18.2 Å². The molecule has 0 bridgehead atoms. The topological polar surface area (TPSA) is 137 Å². The van der Waals surface area contributed by atoms with Gasteiger partial charge in [-0.25, -0.2) is 4.79 Å². The Morgan fingerprint density at radius 3 is 1.63 bits per heavy atom. The third-order valence-electron chi connectivity index (χ3n) is 6.47. The van der Waals surface area contributed by atoms with Gasteiger partial charge in [0, 0.05) is 13.1 Å². The summed E-state index contributed by atoms with van der Waals surface area (Å²) in [5, 5.41) is 20.8. The highest BCUT2D eigenvalue weighted by molar-refractivity contribution is 6.08. The van der Waals surface area contributed by atoms with Crippen LogP contribution in [0.25, 0.3) is 21.5 Å². The number of carbonyl (C=O) groups excluding carboxylic acids is 3. The number of carboxylic acids is 1. The van der Waals surface area contributed by atoms with Gasteiger partial charge < -0.3 is 25.8 Å². The lowest BCUT2D eigenvalue weighted by atomic mass is 10.0. The number of hydrogen-bond donors (Lipinski definition) is 4. The number of hydrogen-bond acceptors (Lipinski definition) is 5. The molecule has 5 rings (SSSR count). The predicted octanol–water partition coefficient (Wildman–Crippen LogP) is 2.26. The quantitative estimate of drug-likeness (QED) is 0.201. The molecule has 0 spiro atoms. The standard InChI is InChI=1S/C29H25N3O6/c33-26(30-15-19-11-5-9-17-7-1-3-13-21(17)19)23(32-28(35)24-25(38-24)29(36)37)27(34)31-16-20-12-6-10-18-8-2-4-14-22(18)20/h1-14,23-25H,15-16H2,(H,30,33)(H,31,34)(H,32,35)(H,36,37)/t24-,25-/m0/s1. The second-order valence-electron chi connectivity index (χ2n) is 8.97. The molecule has 1 aliphatic heterocycles. The maximum absolute atomic E-state index is 13.2. The minimum Gasteiger partial charge on any atom is -0.479 e. The molecule has 0 saturated carbocycles. The molecule has 1 aliphatic rings. The Kier molecular flexibility index (Phi) is 7.01. The fraction of sp³-hybridized carbons (Fsp3) is 0.172. The third-order valence-corrected chi connectivity index (χ3v) is 6.47. The number of benzene rings is 4. The highest BCUT2D eigenvalue weighted by Crippen LogP contribution is 2.23. The summed E-state index contributed by atoms with van der Waals surface area (Å²) < 4.78 is 4.88. The van der Waals surface area contributed by atoms with Gasteiger partial charge in [-0.05, 0) is 32.7 Å². The monoisotopic (exact) mass is 511 g/mol. The van der Waals surface area contributed by atoms with Crippen LogP contribution in [0.2, 0.25) is 0 Å². The van der Waals surface area contributed by atoms with Crippen molar-refractivity contribution in [3.63, 3.8) is 0 Å². The van der Waals surface area contributed by atoms with Crippen LogP contribution in [0.15, 0.2) is 84.9 Å². The number of fused-ring (bicyclic) bond motifs is 2. The molecule has 192 valence electrons. The maximum atomic E-state index is 13.2. The predicted molar refractivity (Wildman–Crippen MR) is 140 cm³/mol. The Labute approximate surface area is 217 Å². The van der Waals surface area contributed by atoms with Crippen LogP contribution in [0.1, 0.15) is 11.1 Å². The van der Waals surface area contributed by atoms with E-state index in [1.54, 1.807) is 0 Å². The van der Waals surface area contributed by atoms with E-state index in [1.165, 1.54) is 0 Å². The smallest absolute Gasteiger partial charge is 0.336 e. The number of ether oxygens (including phenoxy) is 1. The Morgan fingerprint density at radius 1 is 0.684 bits per heavy atom. The fourth-order valence-corrected chi connectivity index (χ4v) is 4.44. The van der Waals surface area contributed by atoms with Crippen LogP contribution in [-0.2, 0) is 37.0 Å². The van der Waals surface area contributed by atoms with Gasteiger partial charge in [0.25, 0.3) is 17.7 Å². The molecule has 4 aromatic rings. The molecule has 0 radical (unpaired) electrons. The molecule has 1 saturated heterocycles. The molecule has 3 amide bonds. The highest BCUT2D eigenvalue weighted by Gasteiger charge is 2.51. The minimum absolute atomic E-state index is 0.126. The summed E-state index contributed by atoms with van der Waals surface area (Å²) >= 11 is 0. The summed E-state index contributed by atoms with van der Waals surface area (Å²) in [4.78, 5) is 50.0. The fourth-order valence-electron chi connectivity index (χ4n) is 4.44. The number of nitrogens with one attached hydrogen (secondary N) is 3. The summed E-state index contributed by atoms with van der Waals surface area (Å²) in [6.45, 7) is 0.252. The van der Waals surface area contributed by atoms with Gasteiger partial charge in [-0.1, -0.05) is 84.9 Å². The Morgan fingerprint density at radius 2 is 1.16 bits per heavy atom. The number of epoxide rings is 1. The minimum atomic E-state index is -1.59. The molecule has 4 aromatic carbocycles. The molecule has 4 N–H and O–H groups in total. The third kappa shape index (κ3) is 5.33. The first-order chi connectivity index (χ1) is 18.4. The van der Waals surface area contributed by atoms with Crippen molar-refractivity contribution in [2.75, 3.05) is 0 Å². The van der Waals surface area contributed by atoms with Crippen molar-refractivity contribution >= 4 is 45.2 Å². The lowest BCUT2D eigenvalue weighted by Gasteiger charge is -2.19. The second-order valence-corrected chi connectivity index (χ2v) is 8.97. The zero-order valence-corrected chi connectivity index (χ0v) is 20.2. The average Bonchev–Trinajstić information content (AvgIpc) is 3.75. The first kappa shape index (κ1) is 24.9. The van der Waals surface area contributed by atoms with Gasteiger partial charge in [0.05, 0.1) is 0 Å². The van der Waals surface area contributed by atoms with Crippen LogP contribution in [0, 0.1) is 0 Å². The van der Waals surface area contributed by atoms with Gasteiger partial charge in [-0.3, -0.25) is 14.4 Å². The Hall–Kier alpha value is -4.76. The number of aliphatic carboxylic acids is 1. The van der Waals surface area contributed by atoms with Gasteiger partial charge in [-0.2, -0.15) is 0 Å². The van der Waals surface area contributed by atoms with E-state index in [0.717, 1.165) is 32.7 Å². The Bertz CT molecular complexity index is 1450. The molecule has 0 unspecified atom stereocenters. The molecule has 0 aliphatic carbocycles. The van der Waals surface area contributed by atoms with Crippen LogP contribution in [0.5, 0.6) is 0 Å². The van der Waals surface area contributed by atoms with E-state index in [9.17, 15) is 19.2 Å². The van der Waals surface area contributed by atoms with E-state index in [-0.39, 0.29) is 13.1 Å². The van der Waals surface area contributed by atoms with Crippen molar-refractivity contribution < 1.29 is 29.0 Å². The molecule has 9 heteroatoms. The van der Waals surface area contributed by atoms with E-state index >= 15 is 0 Å². The summed E-state index contributed by atoms with van der Waals surface area (Å²) in [7, 11) is 0. The van der Waals surface area contributed by atoms with Crippen LogP contribution in [0.4, 0.5) is 0 Å². The molecular formula is C29H25N3O6. The maximum Gasteiger partial charge on any atom is 0.336 e.